The number of amides is 1. The number of anilines is 1. The summed E-state index contributed by atoms with van der Waals surface area (Å²) in [6.45, 7) is 2.87. The molecule has 1 aromatic heterocycles. The average Bonchev–Trinajstić information content (AvgIpc) is 3.03. The predicted octanol–water partition coefficient (Wildman–Crippen LogP) is 2.43. The third kappa shape index (κ3) is 4.66. The predicted molar refractivity (Wildman–Crippen MR) is 98.5 cm³/mol. The number of carbonyl (C=O) groups excluding carboxylic acids is 3. The number of methoxy groups -OCH3 is 2. The molecule has 0 saturated heterocycles. The van der Waals surface area contributed by atoms with Crippen LogP contribution in [0, 0.1) is 0 Å². The highest BCUT2D eigenvalue weighted by molar-refractivity contribution is 5.99. The number of ketones is 1. The topological polar surface area (TPSA) is 95.9 Å². The minimum Gasteiger partial charge on any atom is -0.493 e. The van der Waals surface area contributed by atoms with E-state index in [0.29, 0.717) is 22.7 Å². The first-order chi connectivity index (χ1) is 12.8. The number of hydrogen-bond donors (Lipinski definition) is 1. The van der Waals surface area contributed by atoms with Crippen molar-refractivity contribution < 1.29 is 28.6 Å². The Bertz CT molecular complexity index is 871. The van der Waals surface area contributed by atoms with Crippen molar-refractivity contribution in [2.24, 2.45) is 7.05 Å². The van der Waals surface area contributed by atoms with Crippen LogP contribution in [0.1, 0.15) is 34.7 Å². The average molecular weight is 374 g/mol. The Hall–Kier alpha value is -3.29. The van der Waals surface area contributed by atoms with Crippen LogP contribution in [0.2, 0.25) is 0 Å². The van der Waals surface area contributed by atoms with Crippen molar-refractivity contribution in [3.8, 4) is 11.5 Å². The van der Waals surface area contributed by atoms with E-state index in [1.165, 1.54) is 44.9 Å². The molecule has 2 rings (SSSR count). The van der Waals surface area contributed by atoms with Crippen LogP contribution in [0.5, 0.6) is 11.5 Å². The van der Waals surface area contributed by atoms with Crippen molar-refractivity contribution in [3.63, 3.8) is 0 Å². The van der Waals surface area contributed by atoms with E-state index in [-0.39, 0.29) is 11.5 Å². The Kier molecular flexibility index (Phi) is 6.23. The van der Waals surface area contributed by atoms with E-state index >= 15 is 0 Å². The number of esters is 1. The van der Waals surface area contributed by atoms with Gasteiger partial charge in [-0.25, -0.2) is 4.79 Å². The third-order valence-corrected chi connectivity index (χ3v) is 3.92. The zero-order valence-electron chi connectivity index (χ0n) is 15.9. The van der Waals surface area contributed by atoms with E-state index < -0.39 is 18.0 Å². The molecule has 0 fully saturated rings. The highest BCUT2D eigenvalue weighted by Gasteiger charge is 2.22. The first-order valence-electron chi connectivity index (χ1n) is 8.18. The molecule has 0 saturated carbocycles. The monoisotopic (exact) mass is 374 g/mol. The van der Waals surface area contributed by atoms with Crippen LogP contribution >= 0.6 is 0 Å². The Morgan fingerprint density at radius 1 is 1.07 bits per heavy atom. The number of benzene rings is 1. The van der Waals surface area contributed by atoms with Crippen molar-refractivity contribution in [2.45, 2.75) is 20.0 Å². The number of Topliss-reactive ketones (excluding diaryl/α,β-unsaturated/α-hetero) is 1. The van der Waals surface area contributed by atoms with Crippen LogP contribution in [0.3, 0.4) is 0 Å². The highest BCUT2D eigenvalue weighted by Crippen LogP contribution is 2.29. The van der Waals surface area contributed by atoms with Gasteiger partial charge in [0.1, 0.15) is 5.69 Å². The zero-order chi connectivity index (χ0) is 20.1. The fraction of sp³-hybridized carbons (Fsp3) is 0.316. The quantitative estimate of drug-likeness (QED) is 0.591. The van der Waals surface area contributed by atoms with E-state index in [0.717, 1.165) is 0 Å². The van der Waals surface area contributed by atoms with Gasteiger partial charge in [0.05, 0.1) is 14.2 Å². The fourth-order valence-electron chi connectivity index (χ4n) is 2.39. The highest BCUT2D eigenvalue weighted by atomic mass is 16.5. The summed E-state index contributed by atoms with van der Waals surface area (Å²) in [7, 11) is 4.62. The number of hydrogen-bond acceptors (Lipinski definition) is 6. The largest absolute Gasteiger partial charge is 0.493 e. The molecular formula is C19H22N2O6. The third-order valence-electron chi connectivity index (χ3n) is 3.92. The molecule has 0 bridgehead atoms. The minimum atomic E-state index is -1.04. The van der Waals surface area contributed by atoms with Crippen molar-refractivity contribution in [1.82, 2.24) is 4.57 Å². The Morgan fingerprint density at radius 2 is 1.74 bits per heavy atom. The number of ether oxygens (including phenoxy) is 3. The molecular weight excluding hydrogens is 352 g/mol. The molecule has 144 valence electrons. The number of nitrogens with one attached hydrogen (secondary N) is 1. The van der Waals surface area contributed by atoms with Crippen LogP contribution in [-0.4, -0.2) is 42.6 Å². The van der Waals surface area contributed by atoms with Gasteiger partial charge in [-0.1, -0.05) is 0 Å². The molecule has 1 N–H and O–H groups in total. The first kappa shape index (κ1) is 20.0. The number of rotatable bonds is 7. The van der Waals surface area contributed by atoms with Gasteiger partial charge in [0.15, 0.2) is 23.4 Å². The number of aryl methyl sites for hydroxylation is 1. The van der Waals surface area contributed by atoms with Crippen LogP contribution in [0.15, 0.2) is 30.5 Å². The van der Waals surface area contributed by atoms with Crippen LogP contribution in [0.4, 0.5) is 5.69 Å². The second kappa shape index (κ2) is 8.39. The molecule has 1 atom stereocenters. The SMILES string of the molecule is COc1ccc(NC(=O)[C@@H](C)OC(=O)c2cc(C(C)=O)cn2C)cc1OC. The van der Waals surface area contributed by atoms with Gasteiger partial charge in [0.2, 0.25) is 0 Å². The second-order valence-corrected chi connectivity index (χ2v) is 5.89. The maximum absolute atomic E-state index is 12.3. The van der Waals surface area contributed by atoms with Crippen LogP contribution in [-0.2, 0) is 16.6 Å². The van der Waals surface area contributed by atoms with Crippen molar-refractivity contribution in [2.75, 3.05) is 19.5 Å². The molecule has 1 amide bonds. The standard InChI is InChI=1S/C19H22N2O6/c1-11(22)13-8-15(21(3)10-13)19(24)27-12(2)18(23)20-14-6-7-16(25-4)17(9-14)26-5/h6-10,12H,1-5H3,(H,20,23)/t12-/m1/s1. The molecule has 0 aliphatic heterocycles. The van der Waals surface area contributed by atoms with Gasteiger partial charge >= 0.3 is 5.97 Å². The minimum absolute atomic E-state index is 0.163. The van der Waals surface area contributed by atoms with E-state index in [9.17, 15) is 14.4 Å². The normalized spacial score (nSPS) is 11.4. The number of carbonyl (C=O) groups is 3. The van der Waals surface area contributed by atoms with E-state index in [1.54, 1.807) is 25.2 Å². The first-order valence-corrected chi connectivity index (χ1v) is 8.18. The van der Waals surface area contributed by atoms with Gasteiger partial charge in [0, 0.05) is 30.6 Å². The van der Waals surface area contributed by atoms with Crippen LogP contribution < -0.4 is 14.8 Å². The second-order valence-electron chi connectivity index (χ2n) is 5.89. The molecule has 27 heavy (non-hydrogen) atoms. The van der Waals surface area contributed by atoms with E-state index in [4.69, 9.17) is 14.2 Å². The maximum atomic E-state index is 12.3. The van der Waals surface area contributed by atoms with Gasteiger partial charge in [-0.15, -0.1) is 0 Å². The molecule has 1 heterocycles. The molecule has 0 unspecified atom stereocenters. The maximum Gasteiger partial charge on any atom is 0.355 e. The lowest BCUT2D eigenvalue weighted by Crippen LogP contribution is -2.30. The fourth-order valence-corrected chi connectivity index (χ4v) is 2.39. The molecule has 2 aromatic rings. The summed E-state index contributed by atoms with van der Waals surface area (Å²) in [6.07, 6.45) is 0.495. The Labute approximate surface area is 157 Å². The van der Waals surface area contributed by atoms with Crippen molar-refractivity contribution in [1.29, 1.82) is 0 Å². The van der Waals surface area contributed by atoms with E-state index in [2.05, 4.69) is 5.32 Å². The molecule has 1 aromatic carbocycles. The summed E-state index contributed by atoms with van der Waals surface area (Å²) < 4.78 is 17.0. The zero-order valence-corrected chi connectivity index (χ0v) is 15.9. The van der Waals surface area contributed by atoms with Gasteiger partial charge in [-0.3, -0.25) is 9.59 Å². The molecule has 0 radical (unpaired) electrons. The summed E-state index contributed by atoms with van der Waals surface area (Å²) in [6, 6.07) is 6.33. The van der Waals surface area contributed by atoms with Gasteiger partial charge < -0.3 is 24.1 Å². The lowest BCUT2D eigenvalue weighted by atomic mass is 10.2. The van der Waals surface area contributed by atoms with E-state index in [1.807, 2.05) is 0 Å². The Morgan fingerprint density at radius 3 is 2.30 bits per heavy atom. The summed E-state index contributed by atoms with van der Waals surface area (Å²) in [5.74, 6) is -0.374. The smallest absolute Gasteiger partial charge is 0.355 e. The van der Waals surface area contributed by atoms with Gasteiger partial charge in [-0.2, -0.15) is 0 Å². The number of aromatic nitrogens is 1. The lowest BCUT2D eigenvalue weighted by Gasteiger charge is -2.15. The summed E-state index contributed by atoms with van der Waals surface area (Å²) in [5, 5.41) is 2.65. The number of nitrogens with zero attached hydrogens (tertiary/aromatic N) is 1. The summed E-state index contributed by atoms with van der Waals surface area (Å²) >= 11 is 0. The molecule has 8 nitrogen and oxygen atoms in total. The van der Waals surface area contributed by atoms with Gasteiger partial charge in [0.25, 0.3) is 5.91 Å². The Balaban J connectivity index is 2.05. The summed E-state index contributed by atoms with van der Waals surface area (Å²) in [5.41, 5.74) is 1.05. The van der Waals surface area contributed by atoms with Crippen molar-refractivity contribution in [3.05, 3.63) is 41.7 Å². The molecule has 0 spiro atoms. The molecule has 0 aliphatic rings. The summed E-state index contributed by atoms with van der Waals surface area (Å²) in [4.78, 5) is 36.0. The molecule has 0 aliphatic carbocycles. The molecule has 8 heteroatoms. The van der Waals surface area contributed by atoms with Crippen molar-refractivity contribution >= 4 is 23.3 Å². The lowest BCUT2D eigenvalue weighted by molar-refractivity contribution is -0.123. The van der Waals surface area contributed by atoms with Gasteiger partial charge in [-0.05, 0) is 32.0 Å². The van der Waals surface area contributed by atoms with Crippen LogP contribution in [0.25, 0.3) is 0 Å².